The van der Waals surface area contributed by atoms with Crippen molar-refractivity contribution in [3.63, 3.8) is 0 Å². The molecule has 0 unspecified atom stereocenters. The summed E-state index contributed by atoms with van der Waals surface area (Å²) in [6, 6.07) is 12.6. The average Bonchev–Trinajstić information content (AvgIpc) is 2.48. The number of carbonyl (C=O) groups is 1. The van der Waals surface area contributed by atoms with Crippen molar-refractivity contribution < 1.29 is 4.79 Å². The highest BCUT2D eigenvalue weighted by Crippen LogP contribution is 2.25. The summed E-state index contributed by atoms with van der Waals surface area (Å²) in [5, 5.41) is 7.60. The molecule has 0 aromatic heterocycles. The lowest BCUT2D eigenvalue weighted by Crippen LogP contribution is -2.21. The second kappa shape index (κ2) is 8.39. The number of rotatable bonds is 6. The Morgan fingerprint density at radius 3 is 2.50 bits per heavy atom. The van der Waals surface area contributed by atoms with Crippen molar-refractivity contribution >= 4 is 46.4 Å². The Kier molecular flexibility index (Phi) is 6.52. The Bertz CT molecular complexity index is 662. The number of amides is 1. The summed E-state index contributed by atoms with van der Waals surface area (Å²) in [5.41, 5.74) is 1.56. The first-order valence-corrected chi connectivity index (χ1v) is 7.88. The summed E-state index contributed by atoms with van der Waals surface area (Å²) in [7, 11) is 0. The molecular formula is C16H15Cl3N2O. The van der Waals surface area contributed by atoms with E-state index in [0.717, 1.165) is 5.56 Å². The topological polar surface area (TPSA) is 41.1 Å². The third kappa shape index (κ3) is 5.18. The van der Waals surface area contributed by atoms with E-state index in [2.05, 4.69) is 10.6 Å². The van der Waals surface area contributed by atoms with Crippen molar-refractivity contribution in [1.82, 2.24) is 5.32 Å². The second-order valence-electron chi connectivity index (χ2n) is 4.69. The van der Waals surface area contributed by atoms with Crippen LogP contribution in [0.4, 0.5) is 5.69 Å². The number of nitrogens with one attached hydrogen (secondary N) is 2. The van der Waals surface area contributed by atoms with Gasteiger partial charge in [0.1, 0.15) is 0 Å². The van der Waals surface area contributed by atoms with Gasteiger partial charge in [0.25, 0.3) is 0 Å². The van der Waals surface area contributed by atoms with Gasteiger partial charge in [-0.1, -0.05) is 53.0 Å². The number of anilines is 1. The van der Waals surface area contributed by atoms with E-state index in [1.54, 1.807) is 18.2 Å². The van der Waals surface area contributed by atoms with Crippen LogP contribution in [0.3, 0.4) is 0 Å². The van der Waals surface area contributed by atoms with E-state index in [1.807, 2.05) is 24.3 Å². The molecule has 2 aromatic rings. The van der Waals surface area contributed by atoms with Crippen LogP contribution < -0.4 is 10.6 Å². The van der Waals surface area contributed by atoms with Gasteiger partial charge >= 0.3 is 0 Å². The largest absolute Gasteiger partial charge is 0.325 e. The van der Waals surface area contributed by atoms with Crippen molar-refractivity contribution in [3.05, 3.63) is 63.1 Å². The maximum Gasteiger partial charge on any atom is 0.225 e. The van der Waals surface area contributed by atoms with Crippen LogP contribution in [0, 0.1) is 0 Å². The van der Waals surface area contributed by atoms with Gasteiger partial charge in [0.15, 0.2) is 0 Å². The molecule has 22 heavy (non-hydrogen) atoms. The lowest BCUT2D eigenvalue weighted by Gasteiger charge is -2.09. The smallest absolute Gasteiger partial charge is 0.225 e. The van der Waals surface area contributed by atoms with Gasteiger partial charge in [-0.15, -0.1) is 0 Å². The van der Waals surface area contributed by atoms with Gasteiger partial charge in [0, 0.05) is 29.6 Å². The van der Waals surface area contributed by atoms with Crippen LogP contribution in [0.15, 0.2) is 42.5 Å². The van der Waals surface area contributed by atoms with Crippen molar-refractivity contribution in [2.24, 2.45) is 0 Å². The molecule has 0 atom stereocenters. The number of hydrogen-bond donors (Lipinski definition) is 2. The molecule has 0 fully saturated rings. The van der Waals surface area contributed by atoms with Gasteiger partial charge < -0.3 is 10.6 Å². The maximum absolute atomic E-state index is 11.9. The Balaban J connectivity index is 1.75. The monoisotopic (exact) mass is 356 g/mol. The molecular weight excluding hydrogens is 343 g/mol. The summed E-state index contributed by atoms with van der Waals surface area (Å²) in [6.45, 7) is 1.16. The molecule has 3 nitrogen and oxygen atoms in total. The first kappa shape index (κ1) is 17.1. The zero-order valence-corrected chi connectivity index (χ0v) is 14.0. The molecule has 2 aromatic carbocycles. The van der Waals surface area contributed by atoms with Gasteiger partial charge in [-0.2, -0.15) is 0 Å². The van der Waals surface area contributed by atoms with Crippen LogP contribution in [-0.4, -0.2) is 12.5 Å². The van der Waals surface area contributed by atoms with Crippen LogP contribution in [0.25, 0.3) is 0 Å². The molecule has 0 aliphatic carbocycles. The van der Waals surface area contributed by atoms with Gasteiger partial charge in [0.2, 0.25) is 5.91 Å². The number of benzene rings is 2. The van der Waals surface area contributed by atoms with Gasteiger partial charge in [-0.05, 0) is 29.8 Å². The van der Waals surface area contributed by atoms with Gasteiger partial charge in [0.05, 0.1) is 10.7 Å². The summed E-state index contributed by atoms with van der Waals surface area (Å²) in [4.78, 5) is 11.9. The molecule has 0 saturated carbocycles. The standard InChI is InChI=1S/C16H15Cl3N2O/c17-12-5-6-15(14(19)9-12)21-16(22)7-8-20-10-11-3-1-2-4-13(11)18/h1-6,9,20H,7-8,10H2,(H,21,22). The van der Waals surface area contributed by atoms with E-state index < -0.39 is 0 Å². The van der Waals surface area contributed by atoms with Crippen LogP contribution in [0.2, 0.25) is 15.1 Å². The summed E-state index contributed by atoms with van der Waals surface area (Å²) >= 11 is 17.9. The van der Waals surface area contributed by atoms with E-state index >= 15 is 0 Å². The predicted molar refractivity (Wildman–Crippen MR) is 92.9 cm³/mol. The first-order valence-electron chi connectivity index (χ1n) is 6.75. The lowest BCUT2D eigenvalue weighted by atomic mass is 10.2. The third-order valence-corrected chi connectivity index (χ3v) is 3.92. The molecule has 1 amide bonds. The number of carbonyl (C=O) groups excluding carboxylic acids is 1. The zero-order chi connectivity index (χ0) is 15.9. The fraction of sp³-hybridized carbons (Fsp3) is 0.188. The molecule has 2 N–H and O–H groups in total. The number of hydrogen-bond acceptors (Lipinski definition) is 2. The van der Waals surface area contributed by atoms with Crippen LogP contribution in [0.1, 0.15) is 12.0 Å². The summed E-state index contributed by atoms with van der Waals surface area (Å²) < 4.78 is 0. The van der Waals surface area contributed by atoms with Crippen LogP contribution in [0.5, 0.6) is 0 Å². The highest BCUT2D eigenvalue weighted by atomic mass is 35.5. The van der Waals surface area contributed by atoms with E-state index in [-0.39, 0.29) is 5.91 Å². The Hall–Kier alpha value is -1.26. The highest BCUT2D eigenvalue weighted by molar-refractivity contribution is 6.36. The van der Waals surface area contributed by atoms with E-state index in [0.29, 0.717) is 40.3 Å². The Labute approximate surface area is 144 Å². The van der Waals surface area contributed by atoms with E-state index in [9.17, 15) is 4.79 Å². The molecule has 6 heteroatoms. The fourth-order valence-electron chi connectivity index (χ4n) is 1.87. The first-order chi connectivity index (χ1) is 10.6. The molecule has 0 heterocycles. The van der Waals surface area contributed by atoms with E-state index in [4.69, 9.17) is 34.8 Å². The second-order valence-corrected chi connectivity index (χ2v) is 5.94. The molecule has 0 saturated heterocycles. The average molecular weight is 358 g/mol. The summed E-state index contributed by atoms with van der Waals surface area (Å²) in [6.07, 6.45) is 0.337. The van der Waals surface area contributed by atoms with Crippen molar-refractivity contribution in [1.29, 1.82) is 0 Å². The molecule has 0 aliphatic rings. The maximum atomic E-state index is 11.9. The molecule has 0 bridgehead atoms. The summed E-state index contributed by atoms with van der Waals surface area (Å²) in [5.74, 6) is -0.115. The van der Waals surface area contributed by atoms with E-state index in [1.165, 1.54) is 0 Å². The van der Waals surface area contributed by atoms with Crippen LogP contribution in [-0.2, 0) is 11.3 Å². The molecule has 116 valence electrons. The quantitative estimate of drug-likeness (QED) is 0.731. The van der Waals surface area contributed by atoms with Crippen LogP contribution >= 0.6 is 34.8 Å². The fourth-order valence-corrected chi connectivity index (χ4v) is 2.53. The predicted octanol–water partition coefficient (Wildman–Crippen LogP) is 4.77. The minimum absolute atomic E-state index is 0.115. The van der Waals surface area contributed by atoms with Crippen molar-refractivity contribution in [2.45, 2.75) is 13.0 Å². The Morgan fingerprint density at radius 2 is 1.77 bits per heavy atom. The highest BCUT2D eigenvalue weighted by Gasteiger charge is 2.06. The Morgan fingerprint density at radius 1 is 1.00 bits per heavy atom. The molecule has 0 radical (unpaired) electrons. The normalized spacial score (nSPS) is 10.5. The molecule has 2 rings (SSSR count). The third-order valence-electron chi connectivity index (χ3n) is 3.01. The lowest BCUT2D eigenvalue weighted by molar-refractivity contribution is -0.116. The molecule has 0 aliphatic heterocycles. The van der Waals surface area contributed by atoms with Crippen molar-refractivity contribution in [3.8, 4) is 0 Å². The zero-order valence-electron chi connectivity index (χ0n) is 11.7. The minimum Gasteiger partial charge on any atom is -0.325 e. The minimum atomic E-state index is -0.115. The van der Waals surface area contributed by atoms with Gasteiger partial charge in [-0.25, -0.2) is 0 Å². The van der Waals surface area contributed by atoms with Gasteiger partial charge in [-0.3, -0.25) is 4.79 Å². The number of halogens is 3. The SMILES string of the molecule is O=C(CCNCc1ccccc1Cl)Nc1ccc(Cl)cc1Cl. The van der Waals surface area contributed by atoms with Crippen molar-refractivity contribution in [2.75, 3.05) is 11.9 Å². The molecule has 0 spiro atoms.